The highest BCUT2D eigenvalue weighted by atomic mass is 16.2. The Labute approximate surface area is 231 Å². The van der Waals surface area contributed by atoms with E-state index in [1.54, 1.807) is 9.58 Å². The van der Waals surface area contributed by atoms with E-state index in [4.69, 9.17) is 5.10 Å². The van der Waals surface area contributed by atoms with Gasteiger partial charge in [-0.1, -0.05) is 113 Å². The van der Waals surface area contributed by atoms with Crippen LogP contribution in [0.2, 0.25) is 0 Å². The van der Waals surface area contributed by atoms with Crippen molar-refractivity contribution in [2.75, 3.05) is 18.4 Å². The number of benzene rings is 3. The lowest BCUT2D eigenvalue weighted by Gasteiger charge is -2.29. The van der Waals surface area contributed by atoms with E-state index in [0.29, 0.717) is 12.4 Å². The van der Waals surface area contributed by atoms with E-state index >= 15 is 0 Å². The third-order valence-electron chi connectivity index (χ3n) is 6.49. The van der Waals surface area contributed by atoms with Gasteiger partial charge in [-0.05, 0) is 29.2 Å². The van der Waals surface area contributed by atoms with Crippen molar-refractivity contribution in [3.8, 4) is 5.69 Å². The molecule has 2 amide bonds. The van der Waals surface area contributed by atoms with Gasteiger partial charge in [-0.2, -0.15) is 5.10 Å². The molecule has 0 saturated heterocycles. The molecule has 4 rings (SSSR count). The summed E-state index contributed by atoms with van der Waals surface area (Å²) in [5.74, 6) is -0.0853. The average Bonchev–Trinajstić information content (AvgIpc) is 3.34. The molecule has 0 fully saturated rings. The van der Waals surface area contributed by atoms with Crippen LogP contribution in [0.5, 0.6) is 0 Å². The Morgan fingerprint density at radius 1 is 0.846 bits per heavy atom. The Hall–Kier alpha value is -4.19. The topological polar surface area (TPSA) is 67.2 Å². The number of amides is 2. The maximum absolute atomic E-state index is 14.1. The number of rotatable bonds is 9. The summed E-state index contributed by atoms with van der Waals surface area (Å²) < 4.78 is 1.75. The molecule has 6 nitrogen and oxygen atoms in total. The summed E-state index contributed by atoms with van der Waals surface area (Å²) in [6.07, 6.45) is 0. The number of carbonyl (C=O) groups excluding carboxylic acids is 2. The van der Waals surface area contributed by atoms with Crippen molar-refractivity contribution in [1.29, 1.82) is 0 Å². The number of carbonyl (C=O) groups is 2. The minimum atomic E-state index is -0.499. The van der Waals surface area contributed by atoms with E-state index in [2.05, 4.69) is 39.9 Å². The number of nitrogens with zero attached hydrogens (tertiary/aromatic N) is 3. The van der Waals surface area contributed by atoms with Crippen LogP contribution in [0.3, 0.4) is 0 Å². The van der Waals surface area contributed by atoms with Crippen LogP contribution < -0.4 is 5.32 Å². The highest BCUT2D eigenvalue weighted by Gasteiger charge is 2.30. The van der Waals surface area contributed by atoms with Crippen molar-refractivity contribution in [2.24, 2.45) is 5.92 Å². The van der Waals surface area contributed by atoms with Gasteiger partial charge in [0.1, 0.15) is 5.82 Å². The van der Waals surface area contributed by atoms with Crippen molar-refractivity contribution in [2.45, 2.75) is 46.0 Å². The normalized spacial score (nSPS) is 11.6. The summed E-state index contributed by atoms with van der Waals surface area (Å²) in [6, 6.07) is 31.2. The third-order valence-corrected chi connectivity index (χ3v) is 6.49. The van der Waals surface area contributed by atoms with Gasteiger partial charge in [0, 0.05) is 18.0 Å². The van der Waals surface area contributed by atoms with Gasteiger partial charge in [0.15, 0.2) is 0 Å². The Morgan fingerprint density at radius 2 is 1.36 bits per heavy atom. The molecular formula is C33H38N4O2. The Morgan fingerprint density at radius 3 is 1.85 bits per heavy atom. The highest BCUT2D eigenvalue weighted by molar-refractivity contribution is 5.96. The number of nitrogens with one attached hydrogen (secondary N) is 1. The van der Waals surface area contributed by atoms with Gasteiger partial charge in [0.05, 0.1) is 23.8 Å². The van der Waals surface area contributed by atoms with Crippen LogP contribution in [0.25, 0.3) is 5.69 Å². The van der Waals surface area contributed by atoms with E-state index in [-0.39, 0.29) is 29.7 Å². The predicted molar refractivity (Wildman–Crippen MR) is 157 cm³/mol. The smallest absolute Gasteiger partial charge is 0.245 e. The van der Waals surface area contributed by atoms with Gasteiger partial charge in [-0.3, -0.25) is 9.59 Å². The SMILES string of the molecule is CC(C)CN(CC(=O)Nc1cc(C(C)(C)C)nn1-c1ccccc1)C(=O)C(c1ccccc1)c1ccccc1. The first-order chi connectivity index (χ1) is 18.6. The average molecular weight is 523 g/mol. The van der Waals surface area contributed by atoms with Gasteiger partial charge in [-0.15, -0.1) is 0 Å². The molecule has 0 aliphatic carbocycles. The second kappa shape index (κ2) is 12.1. The molecular weight excluding hydrogens is 484 g/mol. The van der Waals surface area contributed by atoms with E-state index in [1.165, 1.54) is 0 Å². The second-order valence-electron chi connectivity index (χ2n) is 11.3. The standard InChI is InChI=1S/C33H38N4O2/c1-24(2)22-36(32(39)31(25-15-9-6-10-16-25)26-17-11-7-12-18-26)23-30(38)34-29-21-28(33(3,4)5)35-37(29)27-19-13-8-14-20-27/h6-21,24,31H,22-23H2,1-5H3,(H,34,38). The zero-order valence-electron chi connectivity index (χ0n) is 23.5. The molecule has 6 heteroatoms. The largest absolute Gasteiger partial charge is 0.332 e. The minimum absolute atomic E-state index is 0.0575. The number of para-hydroxylation sites is 1. The van der Waals surface area contributed by atoms with Crippen LogP contribution in [0.4, 0.5) is 5.82 Å². The zero-order valence-corrected chi connectivity index (χ0v) is 23.5. The van der Waals surface area contributed by atoms with Crippen molar-refractivity contribution in [3.63, 3.8) is 0 Å². The molecule has 39 heavy (non-hydrogen) atoms. The molecule has 0 atom stereocenters. The van der Waals surface area contributed by atoms with Gasteiger partial charge in [0.2, 0.25) is 11.8 Å². The Balaban J connectivity index is 1.63. The van der Waals surface area contributed by atoms with Crippen LogP contribution in [0.15, 0.2) is 97.1 Å². The van der Waals surface area contributed by atoms with Crippen molar-refractivity contribution < 1.29 is 9.59 Å². The van der Waals surface area contributed by atoms with E-state index in [9.17, 15) is 9.59 Å². The molecule has 202 valence electrons. The summed E-state index contributed by atoms with van der Waals surface area (Å²) in [7, 11) is 0. The number of anilines is 1. The van der Waals surface area contributed by atoms with Gasteiger partial charge < -0.3 is 10.2 Å². The lowest BCUT2D eigenvalue weighted by atomic mass is 9.89. The summed E-state index contributed by atoms with van der Waals surface area (Å²) in [4.78, 5) is 29.3. The molecule has 1 heterocycles. The quantitative estimate of drug-likeness (QED) is 0.276. The fourth-order valence-electron chi connectivity index (χ4n) is 4.58. The zero-order chi connectivity index (χ0) is 28.0. The Kier molecular flexibility index (Phi) is 8.65. The van der Waals surface area contributed by atoms with E-state index < -0.39 is 5.92 Å². The molecule has 1 N–H and O–H groups in total. The van der Waals surface area contributed by atoms with Gasteiger partial charge in [0.25, 0.3) is 0 Å². The monoisotopic (exact) mass is 522 g/mol. The molecule has 1 aromatic heterocycles. The molecule has 0 bridgehead atoms. The van der Waals surface area contributed by atoms with Crippen LogP contribution in [0.1, 0.15) is 57.4 Å². The molecule has 0 aliphatic rings. The second-order valence-corrected chi connectivity index (χ2v) is 11.3. The first-order valence-electron chi connectivity index (χ1n) is 13.5. The predicted octanol–water partition coefficient (Wildman–Crippen LogP) is 6.43. The third kappa shape index (κ3) is 7.02. The first kappa shape index (κ1) is 27.8. The molecule has 0 radical (unpaired) electrons. The van der Waals surface area contributed by atoms with Crippen molar-refractivity contribution >= 4 is 17.6 Å². The van der Waals surface area contributed by atoms with E-state index in [1.807, 2.05) is 97.1 Å². The number of aromatic nitrogens is 2. The summed E-state index contributed by atoms with van der Waals surface area (Å²) >= 11 is 0. The molecule has 4 aromatic rings. The number of hydrogen-bond acceptors (Lipinski definition) is 3. The molecule has 3 aromatic carbocycles. The maximum Gasteiger partial charge on any atom is 0.245 e. The maximum atomic E-state index is 14.1. The van der Waals surface area contributed by atoms with Crippen molar-refractivity contribution in [1.82, 2.24) is 14.7 Å². The molecule has 0 unspecified atom stereocenters. The first-order valence-corrected chi connectivity index (χ1v) is 13.5. The summed E-state index contributed by atoms with van der Waals surface area (Å²) in [5.41, 5.74) is 3.33. The molecule has 0 spiro atoms. The number of hydrogen-bond donors (Lipinski definition) is 1. The van der Waals surface area contributed by atoms with Crippen LogP contribution in [-0.4, -0.2) is 39.6 Å². The fraction of sp³-hybridized carbons (Fsp3) is 0.303. The molecule has 0 saturated carbocycles. The van der Waals surface area contributed by atoms with Crippen molar-refractivity contribution in [3.05, 3.63) is 114 Å². The van der Waals surface area contributed by atoms with Crippen LogP contribution in [0, 0.1) is 5.92 Å². The minimum Gasteiger partial charge on any atom is -0.332 e. The Bertz CT molecular complexity index is 1330. The van der Waals surface area contributed by atoms with Gasteiger partial charge >= 0.3 is 0 Å². The lowest BCUT2D eigenvalue weighted by molar-refractivity contribution is -0.135. The van der Waals surface area contributed by atoms with E-state index in [0.717, 1.165) is 22.5 Å². The highest BCUT2D eigenvalue weighted by Crippen LogP contribution is 2.28. The fourth-order valence-corrected chi connectivity index (χ4v) is 4.58. The summed E-state index contributed by atoms with van der Waals surface area (Å²) in [5, 5.41) is 7.84. The van der Waals surface area contributed by atoms with Gasteiger partial charge in [-0.25, -0.2) is 4.68 Å². The summed E-state index contributed by atoms with van der Waals surface area (Å²) in [6.45, 7) is 10.8. The van der Waals surface area contributed by atoms with Crippen LogP contribution in [-0.2, 0) is 15.0 Å². The van der Waals surface area contributed by atoms with Crippen LogP contribution >= 0.6 is 0 Å². The molecule has 0 aliphatic heterocycles. The lowest BCUT2D eigenvalue weighted by Crippen LogP contribution is -2.43.